The van der Waals surface area contributed by atoms with E-state index in [0.717, 1.165) is 23.2 Å². The predicted molar refractivity (Wildman–Crippen MR) is 111 cm³/mol. The van der Waals surface area contributed by atoms with Crippen molar-refractivity contribution in [3.05, 3.63) is 88.3 Å². The first-order valence-corrected chi connectivity index (χ1v) is 9.33. The number of methoxy groups -OCH3 is 1. The number of nitrogens with zero attached hydrogens (tertiary/aromatic N) is 2. The Kier molecular flexibility index (Phi) is 5.24. The van der Waals surface area contributed by atoms with Crippen LogP contribution < -0.4 is 14.4 Å². The number of anilines is 1. The third kappa shape index (κ3) is 3.69. The number of carbonyl (C=O) groups excluding carboxylic acids is 1. The predicted octanol–water partition coefficient (Wildman–Crippen LogP) is 4.88. The fourth-order valence-corrected chi connectivity index (χ4v) is 3.50. The van der Waals surface area contributed by atoms with Crippen LogP contribution in [-0.4, -0.2) is 19.6 Å². The van der Waals surface area contributed by atoms with E-state index in [4.69, 9.17) is 9.47 Å². The first kappa shape index (κ1) is 18.7. The van der Waals surface area contributed by atoms with Crippen LogP contribution >= 0.6 is 0 Å². The molecule has 3 aromatic rings. The number of para-hydroxylation sites is 1. The zero-order valence-electron chi connectivity index (χ0n) is 16.0. The summed E-state index contributed by atoms with van der Waals surface area (Å²) in [7, 11) is 1.50. The highest BCUT2D eigenvalue weighted by Crippen LogP contribution is 2.38. The quantitative estimate of drug-likeness (QED) is 0.565. The average Bonchev–Trinajstić information content (AvgIpc) is 3.21. The van der Waals surface area contributed by atoms with Gasteiger partial charge in [-0.3, -0.25) is 4.79 Å². The lowest BCUT2D eigenvalue weighted by molar-refractivity contribution is 0.0989. The first-order chi connectivity index (χ1) is 14.2. The van der Waals surface area contributed by atoms with Crippen LogP contribution in [0.4, 0.5) is 11.4 Å². The van der Waals surface area contributed by atoms with Gasteiger partial charge in [-0.1, -0.05) is 48.5 Å². The van der Waals surface area contributed by atoms with Crippen molar-refractivity contribution in [2.24, 2.45) is 5.18 Å². The second-order valence-corrected chi connectivity index (χ2v) is 6.72. The van der Waals surface area contributed by atoms with Crippen LogP contribution in [0.3, 0.4) is 0 Å². The maximum atomic E-state index is 13.2. The van der Waals surface area contributed by atoms with E-state index in [1.165, 1.54) is 19.2 Å². The Labute approximate surface area is 168 Å². The Hall–Kier alpha value is -3.67. The average molecular weight is 388 g/mol. The third-order valence-corrected chi connectivity index (χ3v) is 4.98. The molecule has 1 heterocycles. The van der Waals surface area contributed by atoms with E-state index in [0.29, 0.717) is 24.7 Å². The highest BCUT2D eigenvalue weighted by Gasteiger charge is 2.28. The zero-order valence-corrected chi connectivity index (χ0v) is 16.0. The molecule has 1 aliphatic rings. The molecule has 0 fully saturated rings. The first-order valence-electron chi connectivity index (χ1n) is 9.33. The van der Waals surface area contributed by atoms with Gasteiger partial charge in [0.25, 0.3) is 5.91 Å². The van der Waals surface area contributed by atoms with Crippen LogP contribution in [0.15, 0.2) is 71.9 Å². The SMILES string of the molecule is COc1cc(C(=O)N2CCc3ccccc32)c(N=O)cc1OCc1ccccc1. The molecule has 146 valence electrons. The van der Waals surface area contributed by atoms with Crippen LogP contribution in [-0.2, 0) is 13.0 Å². The number of amides is 1. The van der Waals surface area contributed by atoms with Crippen molar-refractivity contribution >= 4 is 17.3 Å². The van der Waals surface area contributed by atoms with Crippen molar-refractivity contribution < 1.29 is 14.3 Å². The number of rotatable bonds is 6. The Balaban J connectivity index is 1.64. The lowest BCUT2D eigenvalue weighted by atomic mass is 10.1. The Morgan fingerprint density at radius 1 is 1.03 bits per heavy atom. The minimum atomic E-state index is -0.280. The van der Waals surface area contributed by atoms with Gasteiger partial charge in [-0.2, -0.15) is 0 Å². The number of benzene rings is 3. The summed E-state index contributed by atoms with van der Waals surface area (Å²) in [6.07, 6.45) is 0.779. The maximum Gasteiger partial charge on any atom is 0.260 e. The van der Waals surface area contributed by atoms with Crippen LogP contribution in [0.5, 0.6) is 11.5 Å². The largest absolute Gasteiger partial charge is 0.493 e. The van der Waals surface area contributed by atoms with E-state index in [1.54, 1.807) is 4.90 Å². The molecule has 0 aliphatic carbocycles. The van der Waals surface area contributed by atoms with Crippen molar-refractivity contribution in [1.29, 1.82) is 0 Å². The highest BCUT2D eigenvalue weighted by atomic mass is 16.5. The molecule has 0 spiro atoms. The lowest BCUT2D eigenvalue weighted by Gasteiger charge is -2.19. The van der Waals surface area contributed by atoms with Gasteiger partial charge in [0.1, 0.15) is 12.3 Å². The van der Waals surface area contributed by atoms with Crippen LogP contribution in [0, 0.1) is 4.91 Å². The van der Waals surface area contributed by atoms with Gasteiger partial charge in [-0.15, -0.1) is 4.91 Å². The summed E-state index contributed by atoms with van der Waals surface area (Å²) in [5.74, 6) is 0.464. The minimum Gasteiger partial charge on any atom is -0.493 e. The van der Waals surface area contributed by atoms with Crippen LogP contribution in [0.25, 0.3) is 0 Å². The third-order valence-electron chi connectivity index (χ3n) is 4.98. The van der Waals surface area contributed by atoms with E-state index in [9.17, 15) is 9.70 Å². The van der Waals surface area contributed by atoms with E-state index in [-0.39, 0.29) is 17.2 Å². The normalized spacial score (nSPS) is 12.4. The Bertz CT molecular complexity index is 1050. The molecule has 1 amide bonds. The van der Waals surface area contributed by atoms with Gasteiger partial charge in [-0.05, 0) is 34.9 Å². The Morgan fingerprint density at radius 2 is 1.79 bits per heavy atom. The topological polar surface area (TPSA) is 68.2 Å². The molecule has 4 rings (SSSR count). The van der Waals surface area contributed by atoms with Gasteiger partial charge < -0.3 is 14.4 Å². The highest BCUT2D eigenvalue weighted by molar-refractivity contribution is 6.10. The number of ether oxygens (including phenoxy) is 2. The van der Waals surface area contributed by atoms with Crippen molar-refractivity contribution in [1.82, 2.24) is 0 Å². The minimum absolute atomic E-state index is 0.0308. The molecular weight excluding hydrogens is 368 g/mol. The van der Waals surface area contributed by atoms with Gasteiger partial charge in [0.05, 0.1) is 12.7 Å². The summed E-state index contributed by atoms with van der Waals surface area (Å²) in [5, 5.41) is 3.08. The molecule has 0 radical (unpaired) electrons. The molecule has 0 unspecified atom stereocenters. The molecule has 0 bridgehead atoms. The van der Waals surface area contributed by atoms with Crippen molar-refractivity contribution in [2.75, 3.05) is 18.6 Å². The van der Waals surface area contributed by atoms with Crippen molar-refractivity contribution in [3.63, 3.8) is 0 Å². The van der Waals surface area contributed by atoms with E-state index in [2.05, 4.69) is 5.18 Å². The summed E-state index contributed by atoms with van der Waals surface area (Å²) in [5.41, 5.74) is 3.17. The molecule has 29 heavy (non-hydrogen) atoms. The fourth-order valence-electron chi connectivity index (χ4n) is 3.50. The maximum absolute atomic E-state index is 13.2. The standard InChI is InChI=1S/C23H20N2O4/c1-28-21-13-18(23(26)25-12-11-17-9-5-6-10-20(17)25)19(24-27)14-22(21)29-15-16-7-3-2-4-8-16/h2-10,13-14H,11-12,15H2,1H3. The summed E-state index contributed by atoms with van der Waals surface area (Å²) >= 11 is 0. The van der Waals surface area contributed by atoms with Gasteiger partial charge >= 0.3 is 0 Å². The summed E-state index contributed by atoms with van der Waals surface area (Å²) in [6.45, 7) is 0.868. The monoisotopic (exact) mass is 388 g/mol. The van der Waals surface area contributed by atoms with E-state index >= 15 is 0 Å². The molecule has 0 atom stereocenters. The van der Waals surface area contributed by atoms with Crippen molar-refractivity contribution in [3.8, 4) is 11.5 Å². The summed E-state index contributed by atoms with van der Waals surface area (Å²) in [4.78, 5) is 26.4. The molecule has 3 aromatic carbocycles. The van der Waals surface area contributed by atoms with E-state index < -0.39 is 0 Å². The molecular formula is C23H20N2O4. The second kappa shape index (κ2) is 8.14. The molecule has 6 heteroatoms. The molecule has 0 aromatic heterocycles. The lowest BCUT2D eigenvalue weighted by Crippen LogP contribution is -2.29. The number of carbonyl (C=O) groups is 1. The van der Waals surface area contributed by atoms with Crippen LogP contribution in [0.2, 0.25) is 0 Å². The number of nitroso groups, excluding NO2 is 1. The molecule has 0 saturated carbocycles. The van der Waals surface area contributed by atoms with Gasteiger partial charge in [0, 0.05) is 18.3 Å². The fraction of sp³-hybridized carbons (Fsp3) is 0.174. The number of hydrogen-bond donors (Lipinski definition) is 0. The molecule has 0 N–H and O–H groups in total. The summed E-state index contributed by atoms with van der Waals surface area (Å²) < 4.78 is 11.2. The molecule has 1 aliphatic heterocycles. The van der Waals surface area contributed by atoms with Crippen LogP contribution in [0.1, 0.15) is 21.5 Å². The molecule has 0 saturated heterocycles. The number of hydrogen-bond acceptors (Lipinski definition) is 5. The van der Waals surface area contributed by atoms with E-state index in [1.807, 2.05) is 54.6 Å². The summed E-state index contributed by atoms with van der Waals surface area (Å²) in [6, 6.07) is 20.4. The van der Waals surface area contributed by atoms with Crippen molar-refractivity contribution in [2.45, 2.75) is 13.0 Å². The zero-order chi connectivity index (χ0) is 20.2. The number of fused-ring (bicyclic) bond motifs is 1. The molecule has 6 nitrogen and oxygen atoms in total. The van der Waals surface area contributed by atoms with Gasteiger partial charge in [-0.25, -0.2) is 0 Å². The smallest absolute Gasteiger partial charge is 0.260 e. The van der Waals surface area contributed by atoms with Gasteiger partial charge in [0.15, 0.2) is 11.5 Å². The van der Waals surface area contributed by atoms with Gasteiger partial charge in [0.2, 0.25) is 0 Å². The Morgan fingerprint density at radius 3 is 2.55 bits per heavy atom. The second-order valence-electron chi connectivity index (χ2n) is 6.72.